The number of carbonyl (C=O) groups is 1. The molecule has 1 aliphatic carbocycles. The Morgan fingerprint density at radius 1 is 1.06 bits per heavy atom. The Balaban J connectivity index is 1.50. The van der Waals surface area contributed by atoms with E-state index in [9.17, 15) is 13.2 Å². The third-order valence-electron chi connectivity index (χ3n) is 6.25. The van der Waals surface area contributed by atoms with Gasteiger partial charge in [-0.15, -0.1) is 0 Å². The molecule has 1 saturated carbocycles. The van der Waals surface area contributed by atoms with E-state index < -0.39 is 9.84 Å². The highest BCUT2D eigenvalue weighted by Gasteiger charge is 2.24. The molecule has 3 aromatic rings. The normalized spacial score (nSPS) is 18.1. The zero-order valence-corrected chi connectivity index (χ0v) is 21.1. The summed E-state index contributed by atoms with van der Waals surface area (Å²) in [6.45, 7) is 3.98. The molecule has 0 bridgehead atoms. The number of hydrogen-bond acceptors (Lipinski definition) is 7. The maximum atomic E-state index is 12.1. The summed E-state index contributed by atoms with van der Waals surface area (Å²) in [5.41, 5.74) is 2.78. The Hall–Kier alpha value is -3.50. The molecule has 1 aromatic heterocycles. The van der Waals surface area contributed by atoms with Gasteiger partial charge in [-0.2, -0.15) is 0 Å². The molecule has 5 rings (SSSR count). The number of nitrogens with zero attached hydrogens (tertiary/aromatic N) is 3. The predicted molar refractivity (Wildman–Crippen MR) is 139 cm³/mol. The van der Waals surface area contributed by atoms with E-state index in [2.05, 4.69) is 22.5 Å². The number of hydrogen-bond donors (Lipinski definition) is 2. The van der Waals surface area contributed by atoms with E-state index in [1.165, 1.54) is 6.26 Å². The SMILES string of the molecule is CC1COCCN1c1cc(-c2cccc(S(C)(=O)=O)c2)nc(-c2ccc(NC(=O)NC3CC3)cc2)n1. The molecule has 2 N–H and O–H groups in total. The summed E-state index contributed by atoms with van der Waals surface area (Å²) in [7, 11) is -3.36. The maximum Gasteiger partial charge on any atom is 0.319 e. The Kier molecular flexibility index (Phi) is 6.63. The van der Waals surface area contributed by atoms with E-state index in [1.54, 1.807) is 18.2 Å². The number of sulfone groups is 1. The molecule has 36 heavy (non-hydrogen) atoms. The molecule has 0 spiro atoms. The van der Waals surface area contributed by atoms with Crippen molar-refractivity contribution in [1.82, 2.24) is 15.3 Å². The van der Waals surface area contributed by atoms with Crippen molar-refractivity contribution in [2.45, 2.75) is 36.7 Å². The van der Waals surface area contributed by atoms with Crippen molar-refractivity contribution in [2.75, 3.05) is 36.2 Å². The van der Waals surface area contributed by atoms with Gasteiger partial charge >= 0.3 is 6.03 Å². The van der Waals surface area contributed by atoms with Gasteiger partial charge in [0.05, 0.1) is 29.8 Å². The molecule has 1 atom stereocenters. The van der Waals surface area contributed by atoms with Crippen molar-refractivity contribution in [3.63, 3.8) is 0 Å². The van der Waals surface area contributed by atoms with E-state index in [4.69, 9.17) is 14.7 Å². The summed E-state index contributed by atoms with van der Waals surface area (Å²) in [6, 6.07) is 16.3. The number of anilines is 2. The third kappa shape index (κ3) is 5.66. The van der Waals surface area contributed by atoms with Crippen molar-refractivity contribution in [2.24, 2.45) is 0 Å². The zero-order valence-electron chi connectivity index (χ0n) is 20.3. The van der Waals surface area contributed by atoms with Gasteiger partial charge < -0.3 is 20.3 Å². The molecule has 1 unspecified atom stereocenters. The number of ether oxygens (including phenoxy) is 1. The van der Waals surface area contributed by atoms with Gasteiger partial charge in [-0.25, -0.2) is 23.2 Å². The van der Waals surface area contributed by atoms with Crippen LogP contribution in [0, 0.1) is 0 Å². The molecule has 9 nitrogen and oxygen atoms in total. The monoisotopic (exact) mass is 507 g/mol. The van der Waals surface area contributed by atoms with E-state index in [0.717, 1.165) is 24.2 Å². The van der Waals surface area contributed by atoms with Gasteiger partial charge in [0, 0.05) is 41.7 Å². The topological polar surface area (TPSA) is 114 Å². The molecule has 1 saturated heterocycles. The lowest BCUT2D eigenvalue weighted by molar-refractivity contribution is 0.0985. The van der Waals surface area contributed by atoms with Crippen LogP contribution in [-0.4, -0.2) is 62.5 Å². The summed E-state index contributed by atoms with van der Waals surface area (Å²) in [5.74, 6) is 1.27. The first-order chi connectivity index (χ1) is 17.3. The van der Waals surface area contributed by atoms with Crippen LogP contribution in [0.15, 0.2) is 59.5 Å². The first kappa shape index (κ1) is 24.2. The van der Waals surface area contributed by atoms with Crippen LogP contribution in [0.4, 0.5) is 16.3 Å². The minimum Gasteiger partial charge on any atom is -0.377 e. The van der Waals surface area contributed by atoms with Gasteiger partial charge in [0.2, 0.25) is 0 Å². The second kappa shape index (κ2) is 9.87. The highest BCUT2D eigenvalue weighted by molar-refractivity contribution is 7.90. The Morgan fingerprint density at radius 3 is 2.53 bits per heavy atom. The lowest BCUT2D eigenvalue weighted by atomic mass is 10.1. The van der Waals surface area contributed by atoms with Crippen molar-refractivity contribution >= 4 is 27.4 Å². The fourth-order valence-corrected chi connectivity index (χ4v) is 4.76. The van der Waals surface area contributed by atoms with Crippen molar-refractivity contribution in [3.8, 4) is 22.6 Å². The van der Waals surface area contributed by atoms with Crippen LogP contribution >= 0.6 is 0 Å². The molecule has 1 aliphatic heterocycles. The number of rotatable bonds is 6. The molecule has 2 amide bonds. The van der Waals surface area contributed by atoms with E-state index in [1.807, 2.05) is 36.4 Å². The standard InChI is InChI=1S/C26H29N5O4S/c1-17-16-35-13-12-31(17)24-15-23(19-4-3-5-22(14-19)36(2,33)34)29-25(30-24)18-6-8-20(9-7-18)27-26(32)28-21-10-11-21/h3-9,14-15,17,21H,10-13,16H2,1-2H3,(H2,27,28,32). The van der Waals surface area contributed by atoms with Crippen LogP contribution < -0.4 is 15.5 Å². The maximum absolute atomic E-state index is 12.1. The number of aromatic nitrogens is 2. The molecule has 2 aliphatic rings. The van der Waals surface area contributed by atoms with Crippen LogP contribution in [0.3, 0.4) is 0 Å². The summed E-state index contributed by atoms with van der Waals surface area (Å²) in [4.78, 5) is 24.1. The quantitative estimate of drug-likeness (QED) is 0.523. The van der Waals surface area contributed by atoms with E-state index in [-0.39, 0.29) is 23.0 Å². The number of amides is 2. The van der Waals surface area contributed by atoms with Crippen molar-refractivity contribution < 1.29 is 17.9 Å². The van der Waals surface area contributed by atoms with Gasteiger partial charge in [-0.05, 0) is 56.2 Å². The highest BCUT2D eigenvalue weighted by Crippen LogP contribution is 2.29. The minimum atomic E-state index is -3.36. The summed E-state index contributed by atoms with van der Waals surface area (Å²) < 4.78 is 29.9. The molecule has 2 aromatic carbocycles. The van der Waals surface area contributed by atoms with Gasteiger partial charge in [-0.3, -0.25) is 0 Å². The molecule has 10 heteroatoms. The predicted octanol–water partition coefficient (Wildman–Crippen LogP) is 3.72. The lowest BCUT2D eigenvalue weighted by Crippen LogP contribution is -2.44. The number of benzene rings is 2. The number of nitrogens with one attached hydrogen (secondary N) is 2. The van der Waals surface area contributed by atoms with Gasteiger partial charge in [0.1, 0.15) is 5.82 Å². The molecule has 188 valence electrons. The highest BCUT2D eigenvalue weighted by atomic mass is 32.2. The smallest absolute Gasteiger partial charge is 0.319 e. The van der Waals surface area contributed by atoms with E-state index >= 15 is 0 Å². The van der Waals surface area contributed by atoms with Gasteiger partial charge in [0.25, 0.3) is 0 Å². The summed E-state index contributed by atoms with van der Waals surface area (Å²) in [5, 5.41) is 5.75. The van der Waals surface area contributed by atoms with Crippen molar-refractivity contribution in [1.29, 1.82) is 0 Å². The van der Waals surface area contributed by atoms with Crippen LogP contribution in [0.5, 0.6) is 0 Å². The Bertz CT molecular complexity index is 1370. The first-order valence-electron chi connectivity index (χ1n) is 12.0. The zero-order chi connectivity index (χ0) is 25.3. The Labute approximate surface area is 210 Å². The summed E-state index contributed by atoms with van der Waals surface area (Å²) >= 11 is 0. The van der Waals surface area contributed by atoms with Crippen molar-refractivity contribution in [3.05, 3.63) is 54.6 Å². The average molecular weight is 508 g/mol. The van der Waals surface area contributed by atoms with Crippen LogP contribution in [0.25, 0.3) is 22.6 Å². The lowest BCUT2D eigenvalue weighted by Gasteiger charge is -2.34. The average Bonchev–Trinajstić information content (AvgIpc) is 3.68. The molecule has 0 radical (unpaired) electrons. The fourth-order valence-electron chi connectivity index (χ4n) is 4.09. The second-order valence-electron chi connectivity index (χ2n) is 9.30. The number of morpholine rings is 1. The van der Waals surface area contributed by atoms with Crippen LogP contribution in [0.2, 0.25) is 0 Å². The first-order valence-corrected chi connectivity index (χ1v) is 13.9. The van der Waals surface area contributed by atoms with Gasteiger partial charge in [-0.1, -0.05) is 12.1 Å². The fraction of sp³-hybridized carbons (Fsp3) is 0.346. The van der Waals surface area contributed by atoms with Gasteiger partial charge in [0.15, 0.2) is 15.7 Å². The number of carbonyl (C=O) groups excluding carboxylic acids is 1. The van der Waals surface area contributed by atoms with Crippen LogP contribution in [-0.2, 0) is 14.6 Å². The molecule has 2 heterocycles. The minimum absolute atomic E-state index is 0.133. The third-order valence-corrected chi connectivity index (χ3v) is 7.36. The molecule has 2 fully saturated rings. The molecular formula is C26H29N5O4S. The summed E-state index contributed by atoms with van der Waals surface area (Å²) in [6.07, 6.45) is 3.24. The number of urea groups is 1. The van der Waals surface area contributed by atoms with E-state index in [0.29, 0.717) is 42.5 Å². The second-order valence-corrected chi connectivity index (χ2v) is 11.3. The molecular weight excluding hydrogens is 478 g/mol. The van der Waals surface area contributed by atoms with Crippen LogP contribution in [0.1, 0.15) is 19.8 Å². The largest absolute Gasteiger partial charge is 0.377 e. The Morgan fingerprint density at radius 2 is 1.83 bits per heavy atom.